The van der Waals surface area contributed by atoms with Gasteiger partial charge in [-0.05, 0) is 79.0 Å². The van der Waals surface area contributed by atoms with Gasteiger partial charge in [0.05, 0.1) is 16.2 Å². The Morgan fingerprint density at radius 1 is 1.14 bits per heavy atom. The molecule has 0 bridgehead atoms. The summed E-state index contributed by atoms with van der Waals surface area (Å²) in [7, 11) is -0.148. The van der Waals surface area contributed by atoms with E-state index in [9.17, 15) is 21.6 Å². The van der Waals surface area contributed by atoms with E-state index in [1.54, 1.807) is 6.07 Å². The Balaban J connectivity index is 1.48. The second kappa shape index (κ2) is 10.9. The van der Waals surface area contributed by atoms with Crippen LogP contribution in [0.2, 0.25) is 0 Å². The van der Waals surface area contributed by atoms with Gasteiger partial charge in [0.25, 0.3) is 10.0 Å². The molecule has 1 fully saturated rings. The van der Waals surface area contributed by atoms with E-state index in [1.165, 1.54) is 43.0 Å². The predicted octanol–water partition coefficient (Wildman–Crippen LogP) is 5.10. The van der Waals surface area contributed by atoms with Crippen molar-refractivity contribution in [2.24, 2.45) is 0 Å². The van der Waals surface area contributed by atoms with Crippen molar-refractivity contribution < 1.29 is 26.3 Å². The van der Waals surface area contributed by atoms with Crippen LogP contribution in [0.1, 0.15) is 36.3 Å². The lowest BCUT2D eigenvalue weighted by Crippen LogP contribution is -2.46. The van der Waals surface area contributed by atoms with E-state index in [-0.39, 0.29) is 34.7 Å². The number of ether oxygens (including phenoxy) is 1. The smallest absolute Gasteiger partial charge is 0.416 e. The van der Waals surface area contributed by atoms with E-state index < -0.39 is 21.8 Å². The molecule has 0 radical (unpaired) electrons. The molecule has 3 unspecified atom stereocenters. The molecular formula is C24H25BrF3N5O3S. The van der Waals surface area contributed by atoms with Crippen LogP contribution in [0.4, 0.5) is 19.0 Å². The summed E-state index contributed by atoms with van der Waals surface area (Å²) < 4.78 is 73.9. The molecule has 1 aliphatic carbocycles. The standard InChI is InChI=1S/C24H25BrF3N5O3S/c1-33(2)20-11-16(15-4-3-5-17(10-15)24(26,27)28)6-7-21(20)36-23-19(25)12-18(13-30-23)37(34,35)32-22-8-9-29-14-31-22/h3-5,8-10,12-14,16,20-21H,6-7,11H2,1-2H3,(H,29,31,32). The van der Waals surface area contributed by atoms with Crippen molar-refractivity contribution >= 4 is 31.8 Å². The lowest BCUT2D eigenvalue weighted by Gasteiger charge is -2.39. The molecule has 0 saturated heterocycles. The second-order valence-electron chi connectivity index (χ2n) is 8.98. The normalized spacial score (nSPS) is 20.6. The molecule has 198 valence electrons. The Morgan fingerprint density at radius 2 is 1.92 bits per heavy atom. The SMILES string of the molecule is CN(C)C1CC(c2cccc(C(F)(F)F)c2)CCC1Oc1ncc(S(=O)(=O)Nc2ccncn2)cc1Br. The van der Waals surface area contributed by atoms with Gasteiger partial charge in [0, 0.05) is 12.2 Å². The van der Waals surface area contributed by atoms with Crippen LogP contribution in [0.3, 0.4) is 0 Å². The maximum Gasteiger partial charge on any atom is 0.416 e. The first-order chi connectivity index (χ1) is 17.4. The van der Waals surface area contributed by atoms with Crippen molar-refractivity contribution in [3.05, 3.63) is 70.7 Å². The number of pyridine rings is 1. The van der Waals surface area contributed by atoms with Gasteiger partial charge in [-0.25, -0.2) is 23.4 Å². The number of halogens is 4. The van der Waals surface area contributed by atoms with Crippen molar-refractivity contribution in [2.75, 3.05) is 18.8 Å². The molecule has 3 aromatic rings. The zero-order valence-corrected chi connectivity index (χ0v) is 22.4. The summed E-state index contributed by atoms with van der Waals surface area (Å²) in [4.78, 5) is 13.7. The zero-order valence-electron chi connectivity index (χ0n) is 20.0. The molecular weight excluding hydrogens is 575 g/mol. The van der Waals surface area contributed by atoms with Gasteiger partial charge < -0.3 is 9.64 Å². The first-order valence-corrected chi connectivity index (χ1v) is 13.7. The number of alkyl halides is 3. The van der Waals surface area contributed by atoms with Crippen LogP contribution in [0.15, 0.2) is 64.5 Å². The minimum absolute atomic E-state index is 0.0497. The van der Waals surface area contributed by atoms with Gasteiger partial charge in [0.1, 0.15) is 23.1 Å². The minimum Gasteiger partial charge on any atom is -0.472 e. The number of hydrogen-bond acceptors (Lipinski definition) is 7. The van der Waals surface area contributed by atoms with Gasteiger partial charge in [0.15, 0.2) is 0 Å². The number of nitrogens with one attached hydrogen (secondary N) is 1. The van der Waals surface area contributed by atoms with Crippen molar-refractivity contribution in [2.45, 2.75) is 48.4 Å². The predicted molar refractivity (Wildman–Crippen MR) is 135 cm³/mol. The number of hydrogen-bond donors (Lipinski definition) is 1. The van der Waals surface area contributed by atoms with E-state index in [0.29, 0.717) is 29.3 Å². The highest BCUT2D eigenvalue weighted by Crippen LogP contribution is 2.39. The molecule has 1 aliphatic rings. The van der Waals surface area contributed by atoms with Crippen LogP contribution in [-0.4, -0.2) is 54.5 Å². The third-order valence-electron chi connectivity index (χ3n) is 6.28. The van der Waals surface area contributed by atoms with Crippen LogP contribution < -0.4 is 9.46 Å². The van der Waals surface area contributed by atoms with Crippen LogP contribution >= 0.6 is 15.9 Å². The highest BCUT2D eigenvalue weighted by molar-refractivity contribution is 9.10. The Kier molecular flexibility index (Phi) is 8.05. The minimum atomic E-state index is -4.39. The fourth-order valence-electron chi connectivity index (χ4n) is 4.40. The molecule has 8 nitrogen and oxygen atoms in total. The molecule has 0 aliphatic heterocycles. The molecule has 4 rings (SSSR count). The first-order valence-electron chi connectivity index (χ1n) is 11.4. The van der Waals surface area contributed by atoms with Gasteiger partial charge >= 0.3 is 6.18 Å². The fourth-order valence-corrected chi connectivity index (χ4v) is 5.98. The lowest BCUT2D eigenvalue weighted by molar-refractivity contribution is -0.137. The number of aromatic nitrogens is 3. The zero-order chi connectivity index (χ0) is 26.8. The Hall–Kier alpha value is -2.77. The third-order valence-corrected chi connectivity index (χ3v) is 8.17. The molecule has 2 aromatic heterocycles. The molecule has 13 heteroatoms. The summed E-state index contributed by atoms with van der Waals surface area (Å²) in [5.41, 5.74) is 0.00679. The second-order valence-corrected chi connectivity index (χ2v) is 11.5. The third kappa shape index (κ3) is 6.57. The van der Waals surface area contributed by atoms with E-state index >= 15 is 0 Å². The molecule has 1 N–H and O–H groups in total. The lowest BCUT2D eigenvalue weighted by atomic mass is 9.79. The van der Waals surface area contributed by atoms with Crippen LogP contribution in [0.5, 0.6) is 5.88 Å². The highest BCUT2D eigenvalue weighted by atomic mass is 79.9. The summed E-state index contributed by atoms with van der Waals surface area (Å²) in [6.45, 7) is 0. The summed E-state index contributed by atoms with van der Waals surface area (Å²) in [5.74, 6) is 0.305. The maximum atomic E-state index is 13.2. The first kappa shape index (κ1) is 27.3. The van der Waals surface area contributed by atoms with Gasteiger partial charge in [-0.3, -0.25) is 4.72 Å². The molecule has 37 heavy (non-hydrogen) atoms. The number of rotatable bonds is 7. The monoisotopic (exact) mass is 599 g/mol. The van der Waals surface area contributed by atoms with E-state index in [0.717, 1.165) is 6.07 Å². The molecule has 3 atom stereocenters. The summed E-state index contributed by atoms with van der Waals surface area (Å²) in [5, 5.41) is 0. The van der Waals surface area contributed by atoms with Gasteiger partial charge in [0.2, 0.25) is 5.88 Å². The molecule has 0 amide bonds. The van der Waals surface area contributed by atoms with Crippen LogP contribution in [0, 0.1) is 0 Å². The van der Waals surface area contributed by atoms with Crippen molar-refractivity contribution in [3.8, 4) is 5.88 Å². The number of benzene rings is 1. The molecule has 1 saturated carbocycles. The molecule has 1 aromatic carbocycles. The maximum absolute atomic E-state index is 13.2. The summed E-state index contributed by atoms with van der Waals surface area (Å²) in [6.07, 6.45) is 0.997. The average Bonchev–Trinajstić information content (AvgIpc) is 2.85. The van der Waals surface area contributed by atoms with Crippen molar-refractivity contribution in [1.29, 1.82) is 0 Å². The topological polar surface area (TPSA) is 97.3 Å². The average molecular weight is 600 g/mol. The molecule has 0 spiro atoms. The summed E-state index contributed by atoms with van der Waals surface area (Å²) >= 11 is 3.36. The van der Waals surface area contributed by atoms with Crippen LogP contribution in [0.25, 0.3) is 0 Å². The fraction of sp³-hybridized carbons (Fsp3) is 0.375. The number of sulfonamides is 1. The van der Waals surface area contributed by atoms with E-state index in [2.05, 4.69) is 35.6 Å². The van der Waals surface area contributed by atoms with E-state index in [1.807, 2.05) is 19.0 Å². The number of likely N-dealkylation sites (N-methyl/N-ethyl adjacent to an activating group) is 1. The van der Waals surface area contributed by atoms with Gasteiger partial charge in [-0.1, -0.05) is 18.2 Å². The summed E-state index contributed by atoms with van der Waals surface area (Å²) in [6, 6.07) is 8.22. The Bertz CT molecular complexity index is 1340. The van der Waals surface area contributed by atoms with Crippen LogP contribution in [-0.2, 0) is 16.2 Å². The quantitative estimate of drug-likeness (QED) is 0.403. The Morgan fingerprint density at radius 3 is 2.57 bits per heavy atom. The van der Waals surface area contributed by atoms with Crippen molar-refractivity contribution in [3.63, 3.8) is 0 Å². The van der Waals surface area contributed by atoms with Gasteiger partial charge in [-0.2, -0.15) is 13.2 Å². The van der Waals surface area contributed by atoms with Crippen molar-refractivity contribution in [1.82, 2.24) is 19.9 Å². The molecule has 2 heterocycles. The number of anilines is 1. The Labute approximate surface area is 221 Å². The number of nitrogens with zero attached hydrogens (tertiary/aromatic N) is 4. The highest BCUT2D eigenvalue weighted by Gasteiger charge is 2.36. The van der Waals surface area contributed by atoms with Gasteiger partial charge in [-0.15, -0.1) is 0 Å². The van der Waals surface area contributed by atoms with E-state index in [4.69, 9.17) is 4.74 Å². The largest absolute Gasteiger partial charge is 0.472 e.